The Morgan fingerprint density at radius 2 is 2.11 bits per heavy atom. The maximum Gasteiger partial charge on any atom is 0.406 e. The van der Waals surface area contributed by atoms with Crippen molar-refractivity contribution in [2.75, 3.05) is 0 Å². The van der Waals surface area contributed by atoms with Gasteiger partial charge in [0.15, 0.2) is 11.3 Å². The van der Waals surface area contributed by atoms with Gasteiger partial charge in [0.1, 0.15) is 11.9 Å². The Balaban J connectivity index is 1.47. The van der Waals surface area contributed by atoms with Crippen molar-refractivity contribution in [3.63, 3.8) is 0 Å². The van der Waals surface area contributed by atoms with Crippen LogP contribution in [0.15, 0.2) is 53.4 Å². The lowest BCUT2D eigenvalue weighted by Crippen LogP contribution is -2.10. The highest BCUT2D eigenvalue weighted by atomic mass is 79.9. The molecule has 36 heavy (non-hydrogen) atoms. The predicted molar refractivity (Wildman–Crippen MR) is 134 cm³/mol. The van der Waals surface area contributed by atoms with E-state index in [2.05, 4.69) is 31.1 Å². The third-order valence-electron chi connectivity index (χ3n) is 5.92. The molecule has 12 heteroatoms. The van der Waals surface area contributed by atoms with E-state index in [0.717, 1.165) is 12.1 Å². The minimum Gasteiger partial charge on any atom is -0.478 e. The number of pyridine rings is 1. The van der Waals surface area contributed by atoms with Crippen LogP contribution >= 0.6 is 27.5 Å². The molecular formula is C24H21BrClFN6O3. The van der Waals surface area contributed by atoms with E-state index in [1.165, 1.54) is 37.2 Å². The molecule has 3 aromatic heterocycles. The highest BCUT2D eigenvalue weighted by Gasteiger charge is 2.24. The fourth-order valence-electron chi connectivity index (χ4n) is 4.04. The van der Waals surface area contributed by atoms with Crippen molar-refractivity contribution in [3.05, 3.63) is 85.6 Å². The number of halogens is 3. The third-order valence-corrected chi connectivity index (χ3v) is 6.53. The van der Waals surface area contributed by atoms with Crippen molar-refractivity contribution in [1.29, 1.82) is 0 Å². The highest BCUT2D eigenvalue weighted by Crippen LogP contribution is 2.36. The van der Waals surface area contributed by atoms with Gasteiger partial charge in [-0.2, -0.15) is 10.2 Å². The number of hydrogen-bond donors (Lipinski definition) is 0. The van der Waals surface area contributed by atoms with Crippen molar-refractivity contribution in [1.82, 2.24) is 24.5 Å². The number of nitrogens with zero attached hydrogens (tertiary/aromatic N) is 6. The first-order chi connectivity index (χ1) is 17.3. The highest BCUT2D eigenvalue weighted by molar-refractivity contribution is 9.10. The van der Waals surface area contributed by atoms with Crippen LogP contribution in [0.3, 0.4) is 0 Å². The van der Waals surface area contributed by atoms with E-state index in [-0.39, 0.29) is 10.9 Å². The summed E-state index contributed by atoms with van der Waals surface area (Å²) in [6.45, 7) is 3.01. The number of ether oxygens (including phenoxy) is 1. The van der Waals surface area contributed by atoms with Crippen molar-refractivity contribution < 1.29 is 14.1 Å². The Morgan fingerprint density at radius 1 is 1.31 bits per heavy atom. The zero-order valence-electron chi connectivity index (χ0n) is 19.1. The molecule has 0 amide bonds. The summed E-state index contributed by atoms with van der Waals surface area (Å²) in [6, 6.07) is 7.46. The summed E-state index contributed by atoms with van der Waals surface area (Å²) in [7, 11) is 0. The largest absolute Gasteiger partial charge is 0.478 e. The molecule has 0 saturated heterocycles. The van der Waals surface area contributed by atoms with Crippen LogP contribution in [0.1, 0.15) is 37.0 Å². The second kappa shape index (κ2) is 9.98. The molecule has 0 bridgehead atoms. The van der Waals surface area contributed by atoms with Crippen LogP contribution in [0, 0.1) is 21.8 Å². The maximum absolute atomic E-state index is 14.4. The van der Waals surface area contributed by atoms with Gasteiger partial charge >= 0.3 is 5.82 Å². The molecule has 1 aliphatic carbocycles. The quantitative estimate of drug-likeness (QED) is 0.174. The Bertz CT molecular complexity index is 1440. The summed E-state index contributed by atoms with van der Waals surface area (Å²) in [5.41, 5.74) is 2.73. The van der Waals surface area contributed by atoms with Gasteiger partial charge in [0.25, 0.3) is 0 Å². The number of rotatable bonds is 9. The zero-order chi connectivity index (χ0) is 25.4. The van der Waals surface area contributed by atoms with Crippen molar-refractivity contribution in [2.24, 2.45) is 5.92 Å². The fourth-order valence-corrected chi connectivity index (χ4v) is 4.55. The van der Waals surface area contributed by atoms with Crippen molar-refractivity contribution in [3.8, 4) is 17.0 Å². The molecule has 0 aliphatic heterocycles. The van der Waals surface area contributed by atoms with E-state index in [1.807, 2.05) is 10.9 Å². The van der Waals surface area contributed by atoms with Gasteiger partial charge in [-0.25, -0.2) is 4.39 Å². The molecule has 0 unspecified atom stereocenters. The second-order valence-corrected chi connectivity index (χ2v) is 10.1. The maximum atomic E-state index is 14.4. The standard InChI is InChI=1S/C24H21BrClFN6O3/c1-14(36-22-6-17(25)10-28-24(22)33(34)35)20-7-18(27)4-5-19(20)21-8-23(26)30-32(21)13-16-9-29-31(12-16)11-15-2-3-15/h4-10,12,14-15H,2-3,11,13H2,1H3/t14-/m1/s1. The van der Waals surface area contributed by atoms with Crippen LogP contribution in [0.2, 0.25) is 5.15 Å². The smallest absolute Gasteiger partial charge is 0.406 e. The molecule has 4 aromatic rings. The molecule has 1 fully saturated rings. The van der Waals surface area contributed by atoms with Crippen LogP contribution in [0.5, 0.6) is 5.75 Å². The van der Waals surface area contributed by atoms with E-state index in [9.17, 15) is 14.5 Å². The van der Waals surface area contributed by atoms with Crippen molar-refractivity contribution in [2.45, 2.75) is 39.0 Å². The van der Waals surface area contributed by atoms with E-state index in [1.54, 1.807) is 29.9 Å². The SMILES string of the molecule is C[C@@H](Oc1cc(Br)cnc1[N+](=O)[O-])c1cc(F)ccc1-c1cc(Cl)nn1Cc1cnn(CC2CC2)c1. The lowest BCUT2D eigenvalue weighted by molar-refractivity contribution is -0.390. The van der Waals surface area contributed by atoms with Gasteiger partial charge in [-0.15, -0.1) is 0 Å². The molecule has 1 aliphatic rings. The number of nitro groups is 1. The fraction of sp³-hybridized carbons (Fsp3) is 0.292. The molecule has 186 valence electrons. The van der Waals surface area contributed by atoms with Crippen LogP contribution in [0.4, 0.5) is 10.2 Å². The molecule has 5 rings (SSSR count). The van der Waals surface area contributed by atoms with E-state index >= 15 is 0 Å². The molecule has 0 spiro atoms. The zero-order valence-corrected chi connectivity index (χ0v) is 21.5. The first-order valence-corrected chi connectivity index (χ1v) is 12.4. The average Bonchev–Trinajstić information content (AvgIpc) is 3.41. The van der Waals surface area contributed by atoms with E-state index in [0.29, 0.717) is 33.8 Å². The minimum atomic E-state index is -0.756. The predicted octanol–water partition coefficient (Wildman–Crippen LogP) is 6.20. The minimum absolute atomic E-state index is 0.0355. The summed E-state index contributed by atoms with van der Waals surface area (Å²) < 4.78 is 24.5. The second-order valence-electron chi connectivity index (χ2n) is 8.75. The van der Waals surface area contributed by atoms with Crippen LogP contribution < -0.4 is 4.74 Å². The number of benzene rings is 1. The number of aromatic nitrogens is 5. The van der Waals surface area contributed by atoms with Gasteiger partial charge in [-0.05, 0) is 69.7 Å². The Morgan fingerprint density at radius 3 is 2.86 bits per heavy atom. The molecule has 0 N–H and O–H groups in total. The average molecular weight is 576 g/mol. The first-order valence-electron chi connectivity index (χ1n) is 11.3. The molecule has 9 nitrogen and oxygen atoms in total. The summed E-state index contributed by atoms with van der Waals surface area (Å²) in [6.07, 6.45) is 6.83. The van der Waals surface area contributed by atoms with Crippen molar-refractivity contribution >= 4 is 33.3 Å². The van der Waals surface area contributed by atoms with Gasteiger partial charge in [0.2, 0.25) is 5.75 Å². The molecule has 3 heterocycles. The molecule has 1 aromatic carbocycles. The third kappa shape index (κ3) is 5.41. The molecule has 1 atom stereocenters. The summed E-state index contributed by atoms with van der Waals surface area (Å²) in [5.74, 6) is -0.234. The summed E-state index contributed by atoms with van der Waals surface area (Å²) >= 11 is 9.54. The van der Waals surface area contributed by atoms with E-state index in [4.69, 9.17) is 16.3 Å². The normalized spacial score (nSPS) is 14.1. The van der Waals surface area contributed by atoms with Gasteiger partial charge in [-0.1, -0.05) is 11.6 Å². The molecule has 0 radical (unpaired) electrons. The Kier molecular flexibility index (Phi) is 6.76. The van der Waals surface area contributed by atoms with Gasteiger partial charge in [0, 0.05) is 41.6 Å². The number of hydrogen-bond acceptors (Lipinski definition) is 6. The first kappa shape index (κ1) is 24.4. The van der Waals surface area contributed by atoms with Gasteiger partial charge < -0.3 is 14.9 Å². The summed E-state index contributed by atoms with van der Waals surface area (Å²) in [5, 5.41) is 20.6. The summed E-state index contributed by atoms with van der Waals surface area (Å²) in [4.78, 5) is 14.6. The van der Waals surface area contributed by atoms with Gasteiger partial charge in [-0.3, -0.25) is 9.36 Å². The molecule has 1 saturated carbocycles. The molecular weight excluding hydrogens is 555 g/mol. The Hall–Kier alpha value is -3.31. The lowest BCUT2D eigenvalue weighted by Gasteiger charge is -2.19. The topological polar surface area (TPSA) is 101 Å². The van der Waals surface area contributed by atoms with E-state index < -0.39 is 22.7 Å². The van der Waals surface area contributed by atoms with Crippen LogP contribution in [0.25, 0.3) is 11.3 Å². The Labute approximate surface area is 219 Å². The monoisotopic (exact) mass is 574 g/mol. The van der Waals surface area contributed by atoms with Gasteiger partial charge in [0.05, 0.1) is 22.9 Å². The lowest BCUT2D eigenvalue weighted by atomic mass is 10.00. The van der Waals surface area contributed by atoms with Crippen LogP contribution in [-0.4, -0.2) is 29.5 Å². The van der Waals surface area contributed by atoms with Crippen LogP contribution in [-0.2, 0) is 13.1 Å².